The van der Waals surface area contributed by atoms with Crippen LogP contribution >= 0.6 is 15.9 Å². The molecule has 0 spiro atoms. The number of nitrogens with one attached hydrogen (secondary N) is 2. The van der Waals surface area contributed by atoms with E-state index in [2.05, 4.69) is 26.6 Å². The molecule has 0 radical (unpaired) electrons. The van der Waals surface area contributed by atoms with Crippen molar-refractivity contribution in [3.63, 3.8) is 0 Å². The van der Waals surface area contributed by atoms with Crippen molar-refractivity contribution in [2.45, 2.75) is 26.3 Å². The molecule has 6 nitrogen and oxygen atoms in total. The Labute approximate surface area is 173 Å². The Morgan fingerprint density at radius 3 is 2.36 bits per heavy atom. The van der Waals surface area contributed by atoms with Gasteiger partial charge in [-0.15, -0.1) is 0 Å². The van der Waals surface area contributed by atoms with Gasteiger partial charge in [0.25, 0.3) is 11.8 Å². The summed E-state index contributed by atoms with van der Waals surface area (Å²) in [5, 5.41) is 5.72. The molecular formula is C21H25BrN2O4. The summed E-state index contributed by atoms with van der Waals surface area (Å²) in [6.07, 6.45) is 0. The SMILES string of the molecule is COCCOc1ccc(C(=O)Nc2cccc(C(=O)NC(C)(C)C)c2)cc1Br. The number of hydrogen-bond acceptors (Lipinski definition) is 4. The van der Waals surface area contributed by atoms with Crippen LogP contribution in [0.3, 0.4) is 0 Å². The van der Waals surface area contributed by atoms with Crippen molar-refractivity contribution in [3.05, 3.63) is 58.1 Å². The topological polar surface area (TPSA) is 76.7 Å². The summed E-state index contributed by atoms with van der Waals surface area (Å²) in [6.45, 7) is 6.64. The van der Waals surface area contributed by atoms with E-state index in [-0.39, 0.29) is 17.4 Å². The predicted octanol–water partition coefficient (Wildman–Crippen LogP) is 4.25. The number of carbonyl (C=O) groups is 2. The number of carbonyl (C=O) groups excluding carboxylic acids is 2. The lowest BCUT2D eigenvalue weighted by Gasteiger charge is -2.20. The lowest BCUT2D eigenvalue weighted by molar-refractivity contribution is 0.0918. The molecule has 150 valence electrons. The van der Waals surface area contributed by atoms with Gasteiger partial charge in [-0.05, 0) is 73.1 Å². The van der Waals surface area contributed by atoms with E-state index in [1.54, 1.807) is 49.6 Å². The fraction of sp³-hybridized carbons (Fsp3) is 0.333. The molecule has 7 heteroatoms. The fourth-order valence-corrected chi connectivity index (χ4v) is 2.84. The van der Waals surface area contributed by atoms with Gasteiger partial charge in [0.2, 0.25) is 0 Å². The van der Waals surface area contributed by atoms with Gasteiger partial charge in [-0.1, -0.05) is 6.07 Å². The van der Waals surface area contributed by atoms with E-state index < -0.39 is 0 Å². The van der Waals surface area contributed by atoms with Crippen LogP contribution in [0.1, 0.15) is 41.5 Å². The first-order valence-electron chi connectivity index (χ1n) is 8.85. The van der Waals surface area contributed by atoms with Gasteiger partial charge in [-0.25, -0.2) is 0 Å². The van der Waals surface area contributed by atoms with Gasteiger partial charge in [0.15, 0.2) is 0 Å². The number of amides is 2. The van der Waals surface area contributed by atoms with Crippen molar-refractivity contribution >= 4 is 33.4 Å². The highest BCUT2D eigenvalue weighted by molar-refractivity contribution is 9.10. The van der Waals surface area contributed by atoms with Gasteiger partial charge >= 0.3 is 0 Å². The van der Waals surface area contributed by atoms with E-state index in [0.717, 1.165) is 0 Å². The van der Waals surface area contributed by atoms with Gasteiger partial charge in [0, 0.05) is 29.5 Å². The number of anilines is 1. The smallest absolute Gasteiger partial charge is 0.255 e. The highest BCUT2D eigenvalue weighted by Crippen LogP contribution is 2.26. The number of halogens is 1. The molecule has 0 bridgehead atoms. The fourth-order valence-electron chi connectivity index (χ4n) is 2.35. The molecule has 0 aliphatic heterocycles. The lowest BCUT2D eigenvalue weighted by atomic mass is 10.1. The Balaban J connectivity index is 2.07. The zero-order chi connectivity index (χ0) is 20.7. The monoisotopic (exact) mass is 448 g/mol. The Kier molecular flexibility index (Phi) is 7.60. The second kappa shape index (κ2) is 9.71. The molecule has 0 heterocycles. The standard InChI is InChI=1S/C21H25BrN2O4/c1-21(2,3)24-20(26)14-6-5-7-16(12-14)23-19(25)15-8-9-18(17(22)13-15)28-11-10-27-4/h5-9,12-13H,10-11H2,1-4H3,(H,23,25)(H,24,26). The molecule has 2 amide bonds. The van der Waals surface area contributed by atoms with E-state index in [9.17, 15) is 9.59 Å². The van der Waals surface area contributed by atoms with Crippen molar-refractivity contribution in [2.75, 3.05) is 25.6 Å². The maximum atomic E-state index is 12.6. The third-order valence-electron chi connectivity index (χ3n) is 3.61. The Morgan fingerprint density at radius 2 is 1.71 bits per heavy atom. The van der Waals surface area contributed by atoms with Crippen LogP contribution in [0.2, 0.25) is 0 Å². The minimum atomic E-state index is -0.338. The number of benzene rings is 2. The molecule has 2 aromatic rings. The van der Waals surface area contributed by atoms with E-state index >= 15 is 0 Å². The number of ether oxygens (including phenoxy) is 2. The van der Waals surface area contributed by atoms with E-state index in [0.29, 0.717) is 40.3 Å². The van der Waals surface area contributed by atoms with E-state index in [4.69, 9.17) is 9.47 Å². The van der Waals surface area contributed by atoms with E-state index in [1.165, 1.54) is 0 Å². The van der Waals surface area contributed by atoms with Crippen molar-refractivity contribution in [1.82, 2.24) is 5.32 Å². The molecule has 0 aromatic heterocycles. The minimum absolute atomic E-state index is 0.191. The van der Waals surface area contributed by atoms with Crippen LogP contribution in [0.25, 0.3) is 0 Å². The molecule has 0 aliphatic rings. The summed E-state index contributed by atoms with van der Waals surface area (Å²) in [5.74, 6) is 0.163. The van der Waals surface area contributed by atoms with Crippen LogP contribution in [0.4, 0.5) is 5.69 Å². The Hall–Kier alpha value is -2.38. The van der Waals surface area contributed by atoms with Crippen LogP contribution < -0.4 is 15.4 Å². The summed E-state index contributed by atoms with van der Waals surface area (Å²) in [5.41, 5.74) is 1.16. The summed E-state index contributed by atoms with van der Waals surface area (Å²) >= 11 is 3.41. The quantitative estimate of drug-likeness (QED) is 0.620. The van der Waals surface area contributed by atoms with Crippen molar-refractivity contribution < 1.29 is 19.1 Å². The average molecular weight is 449 g/mol. The maximum absolute atomic E-state index is 12.6. The summed E-state index contributed by atoms with van der Waals surface area (Å²) < 4.78 is 11.2. The first-order chi connectivity index (χ1) is 13.2. The Morgan fingerprint density at radius 1 is 1.00 bits per heavy atom. The highest BCUT2D eigenvalue weighted by Gasteiger charge is 2.16. The molecule has 0 aliphatic carbocycles. The third kappa shape index (κ3) is 6.65. The molecule has 2 rings (SSSR count). The molecule has 0 fully saturated rings. The van der Waals surface area contributed by atoms with Gasteiger partial charge < -0.3 is 20.1 Å². The normalized spacial score (nSPS) is 11.0. The third-order valence-corrected chi connectivity index (χ3v) is 4.23. The van der Waals surface area contributed by atoms with Gasteiger partial charge in [-0.2, -0.15) is 0 Å². The zero-order valence-electron chi connectivity index (χ0n) is 16.5. The first kappa shape index (κ1) is 21.9. The zero-order valence-corrected chi connectivity index (χ0v) is 18.1. The summed E-state index contributed by atoms with van der Waals surface area (Å²) in [4.78, 5) is 24.9. The number of methoxy groups -OCH3 is 1. The number of hydrogen-bond donors (Lipinski definition) is 2. The van der Waals surface area contributed by atoms with Crippen molar-refractivity contribution in [2.24, 2.45) is 0 Å². The van der Waals surface area contributed by atoms with Crippen molar-refractivity contribution in [1.29, 1.82) is 0 Å². The van der Waals surface area contributed by atoms with Crippen LogP contribution in [-0.2, 0) is 4.74 Å². The molecule has 0 atom stereocenters. The van der Waals surface area contributed by atoms with Crippen LogP contribution in [0.5, 0.6) is 5.75 Å². The second-order valence-corrected chi connectivity index (χ2v) is 8.08. The highest BCUT2D eigenvalue weighted by atomic mass is 79.9. The Bertz CT molecular complexity index is 847. The van der Waals surface area contributed by atoms with Crippen LogP contribution in [0.15, 0.2) is 46.9 Å². The molecule has 0 saturated heterocycles. The van der Waals surface area contributed by atoms with Crippen LogP contribution in [-0.4, -0.2) is 37.7 Å². The van der Waals surface area contributed by atoms with Crippen LogP contribution in [0, 0.1) is 0 Å². The molecule has 2 aromatic carbocycles. The molecule has 2 N–H and O–H groups in total. The average Bonchev–Trinajstić information content (AvgIpc) is 2.62. The molecular weight excluding hydrogens is 424 g/mol. The largest absolute Gasteiger partial charge is 0.490 e. The minimum Gasteiger partial charge on any atom is -0.490 e. The second-order valence-electron chi connectivity index (χ2n) is 7.23. The molecule has 28 heavy (non-hydrogen) atoms. The van der Waals surface area contributed by atoms with E-state index in [1.807, 2.05) is 20.8 Å². The lowest BCUT2D eigenvalue weighted by Crippen LogP contribution is -2.40. The summed E-state index contributed by atoms with van der Waals surface area (Å²) in [7, 11) is 1.60. The summed E-state index contributed by atoms with van der Waals surface area (Å²) in [6, 6.07) is 11.9. The predicted molar refractivity (Wildman–Crippen MR) is 113 cm³/mol. The number of rotatable bonds is 7. The maximum Gasteiger partial charge on any atom is 0.255 e. The van der Waals surface area contributed by atoms with Gasteiger partial charge in [0.1, 0.15) is 12.4 Å². The first-order valence-corrected chi connectivity index (χ1v) is 9.64. The molecule has 0 saturated carbocycles. The van der Waals surface area contributed by atoms with Gasteiger partial charge in [0.05, 0.1) is 11.1 Å². The van der Waals surface area contributed by atoms with Crippen molar-refractivity contribution in [3.8, 4) is 5.75 Å². The van der Waals surface area contributed by atoms with Gasteiger partial charge in [-0.3, -0.25) is 9.59 Å². The molecule has 0 unspecified atom stereocenters.